The lowest BCUT2D eigenvalue weighted by Gasteiger charge is -2.19. The lowest BCUT2D eigenvalue weighted by Crippen LogP contribution is -2.17. The molecule has 10 heavy (non-hydrogen) atoms. The molecule has 0 fully saturated rings. The summed E-state index contributed by atoms with van der Waals surface area (Å²) in [5.74, 6) is -2.03. The van der Waals surface area contributed by atoms with Gasteiger partial charge >= 0.3 is 0 Å². The van der Waals surface area contributed by atoms with Crippen LogP contribution in [0.15, 0.2) is 0 Å². The largest absolute Gasteiger partial charge is 0.245 e. The molecule has 0 spiro atoms. The molecule has 0 saturated carbocycles. The van der Waals surface area contributed by atoms with Crippen LogP contribution in [0.2, 0.25) is 0 Å². The Kier molecular flexibility index (Phi) is 3.26. The summed E-state index contributed by atoms with van der Waals surface area (Å²) >= 11 is 0. The van der Waals surface area contributed by atoms with Crippen molar-refractivity contribution in [2.75, 3.05) is 0 Å². The fourth-order valence-corrected chi connectivity index (χ4v) is 0.801. The molecule has 0 bridgehead atoms. The molecule has 0 aromatic carbocycles. The van der Waals surface area contributed by atoms with Gasteiger partial charge in [0.15, 0.2) is 0 Å². The van der Waals surface area contributed by atoms with Crippen molar-refractivity contribution in [3.63, 3.8) is 0 Å². The first-order valence-corrected chi connectivity index (χ1v) is 3.71. The van der Waals surface area contributed by atoms with Gasteiger partial charge in [0.05, 0.1) is 0 Å². The van der Waals surface area contributed by atoms with E-state index < -0.39 is 5.92 Å². The molecular weight excluding hydrogens is 134 g/mol. The van der Waals surface area contributed by atoms with Crippen LogP contribution in [0.3, 0.4) is 0 Å². The van der Waals surface area contributed by atoms with Crippen molar-refractivity contribution in [1.82, 2.24) is 0 Å². The van der Waals surface area contributed by atoms with Crippen molar-refractivity contribution < 1.29 is 8.78 Å². The van der Waals surface area contributed by atoms with Crippen molar-refractivity contribution in [3.8, 4) is 0 Å². The van der Waals surface area contributed by atoms with Gasteiger partial charge in [-0.1, -0.05) is 20.8 Å². The average molecular weight is 150 g/mol. The van der Waals surface area contributed by atoms with E-state index in [0.29, 0.717) is 5.92 Å². The van der Waals surface area contributed by atoms with Crippen molar-refractivity contribution in [2.24, 2.45) is 11.8 Å². The Morgan fingerprint density at radius 3 is 1.70 bits per heavy atom. The van der Waals surface area contributed by atoms with E-state index in [0.717, 1.165) is 6.92 Å². The summed E-state index contributed by atoms with van der Waals surface area (Å²) in [5.41, 5.74) is 0. The minimum Gasteiger partial charge on any atom is -0.207 e. The molecule has 0 saturated heterocycles. The van der Waals surface area contributed by atoms with E-state index in [1.54, 1.807) is 0 Å². The first-order valence-electron chi connectivity index (χ1n) is 3.71. The molecule has 62 valence electrons. The molecule has 1 atom stereocenters. The molecule has 0 amide bonds. The van der Waals surface area contributed by atoms with Crippen molar-refractivity contribution in [3.05, 3.63) is 0 Å². The summed E-state index contributed by atoms with van der Waals surface area (Å²) < 4.78 is 24.7. The molecule has 0 aliphatic heterocycles. The Bertz CT molecular complexity index is 91.9. The highest BCUT2D eigenvalue weighted by atomic mass is 19.3. The normalized spacial score (nSPS) is 15.9. The summed E-state index contributed by atoms with van der Waals surface area (Å²) in [6.45, 7) is 6.78. The van der Waals surface area contributed by atoms with Crippen LogP contribution in [0.25, 0.3) is 0 Å². The van der Waals surface area contributed by atoms with Crippen LogP contribution in [0.1, 0.15) is 34.1 Å². The molecule has 0 rings (SSSR count). The third-order valence-corrected chi connectivity index (χ3v) is 1.82. The van der Waals surface area contributed by atoms with Gasteiger partial charge in [0.1, 0.15) is 0 Å². The molecule has 0 aromatic heterocycles. The van der Waals surface area contributed by atoms with E-state index in [1.807, 2.05) is 20.8 Å². The fraction of sp³-hybridized carbons (Fsp3) is 1.00. The predicted octanol–water partition coefficient (Wildman–Crippen LogP) is 3.32. The average Bonchev–Trinajstić information content (AvgIpc) is 1.60. The molecule has 1 unspecified atom stereocenters. The highest BCUT2D eigenvalue weighted by molar-refractivity contribution is 4.66. The molecule has 0 aromatic rings. The van der Waals surface area contributed by atoms with E-state index in [2.05, 4.69) is 0 Å². The van der Waals surface area contributed by atoms with Gasteiger partial charge in [0.25, 0.3) is 0 Å². The highest BCUT2D eigenvalue weighted by Crippen LogP contribution is 2.26. The van der Waals surface area contributed by atoms with Crippen LogP contribution in [-0.4, -0.2) is 5.92 Å². The van der Waals surface area contributed by atoms with Crippen LogP contribution in [-0.2, 0) is 0 Å². The van der Waals surface area contributed by atoms with Crippen molar-refractivity contribution in [1.29, 1.82) is 0 Å². The van der Waals surface area contributed by atoms with Gasteiger partial charge in [-0.05, 0) is 18.8 Å². The second-order valence-electron chi connectivity index (χ2n) is 3.50. The number of rotatable bonds is 3. The SMILES string of the molecule is CC(C)C(C)CC(C)(F)F. The minimum atomic E-state index is -2.50. The lowest BCUT2D eigenvalue weighted by atomic mass is 9.92. The van der Waals surface area contributed by atoms with Gasteiger partial charge in [-0.3, -0.25) is 0 Å². The van der Waals surface area contributed by atoms with Crippen LogP contribution >= 0.6 is 0 Å². The monoisotopic (exact) mass is 150 g/mol. The zero-order chi connectivity index (χ0) is 8.36. The maximum Gasteiger partial charge on any atom is 0.245 e. The zero-order valence-electron chi connectivity index (χ0n) is 7.12. The number of alkyl halides is 2. The van der Waals surface area contributed by atoms with Crippen molar-refractivity contribution >= 4 is 0 Å². The smallest absolute Gasteiger partial charge is 0.207 e. The number of hydrogen-bond donors (Lipinski definition) is 0. The van der Waals surface area contributed by atoms with E-state index in [4.69, 9.17) is 0 Å². The Labute approximate surface area is 61.6 Å². The van der Waals surface area contributed by atoms with Gasteiger partial charge in [-0.15, -0.1) is 0 Å². The fourth-order valence-electron chi connectivity index (χ4n) is 0.801. The topological polar surface area (TPSA) is 0 Å². The van der Waals surface area contributed by atoms with Gasteiger partial charge < -0.3 is 0 Å². The number of hydrogen-bond acceptors (Lipinski definition) is 0. The molecule has 0 N–H and O–H groups in total. The Morgan fingerprint density at radius 2 is 1.60 bits per heavy atom. The quantitative estimate of drug-likeness (QED) is 0.579. The van der Waals surface area contributed by atoms with E-state index in [1.165, 1.54) is 0 Å². The lowest BCUT2D eigenvalue weighted by molar-refractivity contribution is -0.00717. The maximum atomic E-state index is 12.3. The summed E-state index contributed by atoms with van der Waals surface area (Å²) in [6.07, 6.45) is 0.00463. The molecule has 0 radical (unpaired) electrons. The molecular formula is C8H16F2. The van der Waals surface area contributed by atoms with Crippen LogP contribution in [0, 0.1) is 11.8 Å². The molecule has 0 nitrogen and oxygen atoms in total. The predicted molar refractivity (Wildman–Crippen MR) is 39.2 cm³/mol. The van der Waals surface area contributed by atoms with E-state index in [9.17, 15) is 8.78 Å². The van der Waals surface area contributed by atoms with Gasteiger partial charge in [0.2, 0.25) is 5.92 Å². The Balaban J connectivity index is 3.68. The van der Waals surface area contributed by atoms with Gasteiger partial charge in [0, 0.05) is 6.42 Å². The second kappa shape index (κ2) is 3.31. The zero-order valence-corrected chi connectivity index (χ0v) is 7.12. The van der Waals surface area contributed by atoms with Crippen LogP contribution in [0.4, 0.5) is 8.78 Å². The Morgan fingerprint density at radius 1 is 1.20 bits per heavy atom. The molecule has 0 heterocycles. The van der Waals surface area contributed by atoms with Gasteiger partial charge in [-0.2, -0.15) is 0 Å². The third-order valence-electron chi connectivity index (χ3n) is 1.82. The van der Waals surface area contributed by atoms with E-state index >= 15 is 0 Å². The molecule has 0 aliphatic rings. The summed E-state index contributed by atoms with van der Waals surface area (Å²) in [7, 11) is 0. The molecule has 2 heteroatoms. The summed E-state index contributed by atoms with van der Waals surface area (Å²) in [5, 5.41) is 0. The Hall–Kier alpha value is -0.140. The van der Waals surface area contributed by atoms with Gasteiger partial charge in [-0.25, -0.2) is 8.78 Å². The van der Waals surface area contributed by atoms with Crippen LogP contribution < -0.4 is 0 Å². The van der Waals surface area contributed by atoms with Crippen LogP contribution in [0.5, 0.6) is 0 Å². The minimum absolute atomic E-state index is 0.00463. The second-order valence-corrected chi connectivity index (χ2v) is 3.50. The summed E-state index contributed by atoms with van der Waals surface area (Å²) in [4.78, 5) is 0. The maximum absolute atomic E-state index is 12.3. The third kappa shape index (κ3) is 4.71. The van der Waals surface area contributed by atoms with Crippen molar-refractivity contribution in [2.45, 2.75) is 40.0 Å². The summed E-state index contributed by atoms with van der Waals surface area (Å²) in [6, 6.07) is 0. The molecule has 0 aliphatic carbocycles. The highest BCUT2D eigenvalue weighted by Gasteiger charge is 2.25. The van der Waals surface area contributed by atoms with E-state index in [-0.39, 0.29) is 12.3 Å². The standard InChI is InChI=1S/C8H16F2/c1-6(2)7(3)5-8(4,9)10/h6-7H,5H2,1-4H3. The number of halogens is 2. The first-order chi connectivity index (χ1) is 4.33. The first kappa shape index (κ1) is 9.86.